The lowest BCUT2D eigenvalue weighted by atomic mass is 10.1. The molecule has 20 heavy (non-hydrogen) atoms. The van der Waals surface area contributed by atoms with Crippen LogP contribution in [0.25, 0.3) is 0 Å². The molecule has 0 aromatic heterocycles. The van der Waals surface area contributed by atoms with Crippen LogP contribution in [-0.2, 0) is 10.2 Å². The van der Waals surface area contributed by atoms with Gasteiger partial charge in [-0.2, -0.15) is 13.1 Å². The number of anilines is 1. The van der Waals surface area contributed by atoms with Crippen molar-refractivity contribution in [3.8, 4) is 0 Å². The quantitative estimate of drug-likeness (QED) is 0.785. The second kappa shape index (κ2) is 6.51. The van der Waals surface area contributed by atoms with Gasteiger partial charge < -0.3 is 5.73 Å². The first kappa shape index (κ1) is 16.9. The highest BCUT2D eigenvalue weighted by atomic mass is 32.2. The molecule has 1 rings (SSSR count). The van der Waals surface area contributed by atoms with Crippen LogP contribution in [0.5, 0.6) is 0 Å². The molecule has 0 aliphatic rings. The number of hydrogen-bond acceptors (Lipinski definition) is 3. The largest absolute Gasteiger partial charge is 0.393 e. The molecule has 0 amide bonds. The third-order valence-electron chi connectivity index (χ3n) is 2.33. The van der Waals surface area contributed by atoms with E-state index in [1.54, 1.807) is 45.0 Å². The molecule has 0 aliphatic heterocycles. The summed E-state index contributed by atoms with van der Waals surface area (Å²) in [6.07, 6.45) is 0.329. The van der Waals surface area contributed by atoms with E-state index in [4.69, 9.17) is 18.0 Å². The van der Waals surface area contributed by atoms with Crippen molar-refractivity contribution in [1.82, 2.24) is 4.72 Å². The first-order chi connectivity index (χ1) is 9.12. The van der Waals surface area contributed by atoms with Crippen molar-refractivity contribution in [2.45, 2.75) is 32.7 Å². The summed E-state index contributed by atoms with van der Waals surface area (Å²) in [5, 5.41) is 0. The van der Waals surface area contributed by atoms with Gasteiger partial charge >= 0.3 is 10.2 Å². The average Bonchev–Trinajstić information content (AvgIpc) is 2.26. The van der Waals surface area contributed by atoms with E-state index >= 15 is 0 Å². The van der Waals surface area contributed by atoms with Crippen LogP contribution in [0.15, 0.2) is 30.3 Å². The van der Waals surface area contributed by atoms with Crippen LogP contribution in [0.1, 0.15) is 27.2 Å². The second-order valence-corrected chi connectivity index (χ2v) is 7.60. The van der Waals surface area contributed by atoms with Crippen molar-refractivity contribution in [3.05, 3.63) is 30.3 Å². The highest BCUT2D eigenvalue weighted by Gasteiger charge is 2.27. The predicted molar refractivity (Wildman–Crippen MR) is 87.0 cm³/mol. The van der Waals surface area contributed by atoms with Gasteiger partial charge in [-0.3, -0.25) is 4.31 Å². The minimum absolute atomic E-state index is 0.213. The van der Waals surface area contributed by atoms with Crippen molar-refractivity contribution >= 4 is 33.1 Å². The molecule has 1 aromatic carbocycles. The van der Waals surface area contributed by atoms with E-state index < -0.39 is 15.7 Å². The summed E-state index contributed by atoms with van der Waals surface area (Å²) in [7, 11) is -3.66. The zero-order chi connectivity index (χ0) is 15.4. The highest BCUT2D eigenvalue weighted by Crippen LogP contribution is 2.18. The topological polar surface area (TPSA) is 75.4 Å². The lowest BCUT2D eigenvalue weighted by molar-refractivity contribution is 0.489. The Morgan fingerprint density at radius 2 is 1.85 bits per heavy atom. The van der Waals surface area contributed by atoms with Crippen molar-refractivity contribution in [3.63, 3.8) is 0 Å². The number of rotatable bonds is 6. The van der Waals surface area contributed by atoms with E-state index in [2.05, 4.69) is 4.72 Å². The Bertz CT molecular complexity index is 551. The second-order valence-electron chi connectivity index (χ2n) is 5.48. The molecular formula is C13H21N3O2S2. The Balaban J connectivity index is 3.08. The summed E-state index contributed by atoms with van der Waals surface area (Å²) in [4.78, 5) is 0.289. The van der Waals surface area contributed by atoms with Crippen LogP contribution >= 0.6 is 12.2 Å². The molecule has 112 valence electrons. The van der Waals surface area contributed by atoms with Gasteiger partial charge in [-0.15, -0.1) is 0 Å². The third kappa shape index (κ3) is 5.44. The maximum absolute atomic E-state index is 12.5. The van der Waals surface area contributed by atoms with E-state index in [1.165, 1.54) is 4.31 Å². The molecule has 0 saturated carbocycles. The molecule has 7 heteroatoms. The third-order valence-corrected chi connectivity index (χ3v) is 4.38. The standard InChI is InChI=1S/C13H21N3O2S2/c1-13(2,3)15-20(17,18)16(10-9-12(14)19)11-7-5-4-6-8-11/h4-8,15H,9-10H2,1-3H3,(H2,14,19). The van der Waals surface area contributed by atoms with Gasteiger partial charge in [-0.1, -0.05) is 30.4 Å². The van der Waals surface area contributed by atoms with Crippen LogP contribution in [0, 0.1) is 0 Å². The van der Waals surface area contributed by atoms with Gasteiger partial charge in [0.25, 0.3) is 0 Å². The Hall–Kier alpha value is -1.18. The molecule has 0 fully saturated rings. The summed E-state index contributed by atoms with van der Waals surface area (Å²) in [6, 6.07) is 8.88. The number of nitrogens with two attached hydrogens (primary N) is 1. The number of nitrogens with zero attached hydrogens (tertiary/aromatic N) is 1. The monoisotopic (exact) mass is 315 g/mol. The summed E-state index contributed by atoms with van der Waals surface area (Å²) < 4.78 is 28.9. The Labute approximate surface area is 126 Å². The Morgan fingerprint density at radius 1 is 1.30 bits per heavy atom. The first-order valence-electron chi connectivity index (χ1n) is 6.27. The molecule has 3 N–H and O–H groups in total. The van der Waals surface area contributed by atoms with Crippen LogP contribution in [-0.4, -0.2) is 25.5 Å². The molecule has 0 unspecified atom stereocenters. The molecule has 0 bridgehead atoms. The van der Waals surface area contributed by atoms with Crippen LogP contribution in [0.4, 0.5) is 5.69 Å². The number of benzene rings is 1. The fraction of sp³-hybridized carbons (Fsp3) is 0.462. The number of para-hydroxylation sites is 1. The van der Waals surface area contributed by atoms with Crippen molar-refractivity contribution < 1.29 is 8.42 Å². The number of thiocarbonyl (C=S) groups is 1. The summed E-state index contributed by atoms with van der Waals surface area (Å²) in [5.41, 5.74) is 5.50. The SMILES string of the molecule is CC(C)(C)NS(=O)(=O)N(CCC(N)=S)c1ccccc1. The maximum Gasteiger partial charge on any atom is 0.302 e. The van der Waals surface area contributed by atoms with Gasteiger partial charge in [0.2, 0.25) is 0 Å². The van der Waals surface area contributed by atoms with E-state index in [1.807, 2.05) is 6.07 Å². The Kier molecular flexibility index (Phi) is 5.50. The zero-order valence-electron chi connectivity index (χ0n) is 12.0. The molecule has 1 aromatic rings. The van der Waals surface area contributed by atoms with Crippen LogP contribution in [0.3, 0.4) is 0 Å². The molecular weight excluding hydrogens is 294 g/mol. The molecule has 0 spiro atoms. The lowest BCUT2D eigenvalue weighted by Gasteiger charge is -2.29. The minimum Gasteiger partial charge on any atom is -0.393 e. The van der Waals surface area contributed by atoms with Gasteiger partial charge in [0.1, 0.15) is 0 Å². The lowest BCUT2D eigenvalue weighted by Crippen LogP contribution is -2.49. The zero-order valence-corrected chi connectivity index (χ0v) is 13.6. The molecule has 0 radical (unpaired) electrons. The number of nitrogens with one attached hydrogen (secondary N) is 1. The molecule has 0 heterocycles. The summed E-state index contributed by atoms with van der Waals surface area (Å²) >= 11 is 4.83. The van der Waals surface area contributed by atoms with Gasteiger partial charge in [-0.05, 0) is 32.9 Å². The first-order valence-corrected chi connectivity index (χ1v) is 8.12. The highest BCUT2D eigenvalue weighted by molar-refractivity contribution is 7.91. The van der Waals surface area contributed by atoms with Crippen molar-refractivity contribution in [2.24, 2.45) is 5.73 Å². The fourth-order valence-electron chi connectivity index (χ4n) is 1.64. The van der Waals surface area contributed by atoms with Gasteiger partial charge in [0.05, 0.1) is 10.7 Å². The van der Waals surface area contributed by atoms with Gasteiger partial charge in [0.15, 0.2) is 0 Å². The normalized spacial score (nSPS) is 12.2. The van der Waals surface area contributed by atoms with E-state index in [-0.39, 0.29) is 11.5 Å². The summed E-state index contributed by atoms with van der Waals surface area (Å²) in [6.45, 7) is 5.59. The predicted octanol–water partition coefficient (Wildman–Crippen LogP) is 1.80. The van der Waals surface area contributed by atoms with Gasteiger partial charge in [-0.25, -0.2) is 0 Å². The molecule has 0 saturated heterocycles. The Morgan fingerprint density at radius 3 is 2.30 bits per heavy atom. The minimum atomic E-state index is -3.66. The molecule has 0 atom stereocenters. The number of hydrogen-bond donors (Lipinski definition) is 2. The summed E-state index contributed by atoms with van der Waals surface area (Å²) in [5.74, 6) is 0. The van der Waals surface area contributed by atoms with E-state index in [0.29, 0.717) is 12.1 Å². The smallest absolute Gasteiger partial charge is 0.302 e. The maximum atomic E-state index is 12.5. The van der Waals surface area contributed by atoms with Crippen molar-refractivity contribution in [1.29, 1.82) is 0 Å². The van der Waals surface area contributed by atoms with Crippen LogP contribution in [0.2, 0.25) is 0 Å². The van der Waals surface area contributed by atoms with E-state index in [0.717, 1.165) is 0 Å². The average molecular weight is 315 g/mol. The van der Waals surface area contributed by atoms with Gasteiger partial charge in [0, 0.05) is 18.5 Å². The van der Waals surface area contributed by atoms with E-state index in [9.17, 15) is 8.42 Å². The van der Waals surface area contributed by atoms with Crippen molar-refractivity contribution in [2.75, 3.05) is 10.8 Å². The molecule has 5 nitrogen and oxygen atoms in total. The van der Waals surface area contributed by atoms with Crippen LogP contribution < -0.4 is 14.8 Å². The molecule has 0 aliphatic carbocycles. The fourth-order valence-corrected chi connectivity index (χ4v) is 3.34.